The average molecular weight is 450 g/mol. The first-order chi connectivity index (χ1) is 15.1. The van der Waals surface area contributed by atoms with Crippen molar-refractivity contribution in [1.29, 1.82) is 5.26 Å². The summed E-state index contributed by atoms with van der Waals surface area (Å²) in [5.74, 6) is 1.58. The highest BCUT2D eigenvalue weighted by atomic mass is 35.5. The number of imidazole rings is 1. The van der Waals surface area contributed by atoms with Crippen LogP contribution in [0.15, 0.2) is 60.7 Å². The number of hydrogen-bond donors (Lipinski definition) is 1. The number of aromatic amines is 1. The van der Waals surface area contributed by atoms with Crippen LogP contribution in [0.5, 0.6) is 11.5 Å². The summed E-state index contributed by atoms with van der Waals surface area (Å²) >= 11 is 12.4. The maximum atomic E-state index is 9.65. The van der Waals surface area contributed by atoms with E-state index in [-0.39, 0.29) is 6.61 Å². The molecular weight excluding hydrogens is 433 g/mol. The van der Waals surface area contributed by atoms with E-state index in [2.05, 4.69) is 16.0 Å². The van der Waals surface area contributed by atoms with Gasteiger partial charge in [0.15, 0.2) is 11.5 Å². The van der Waals surface area contributed by atoms with Crippen molar-refractivity contribution >= 4 is 45.9 Å². The molecule has 0 amide bonds. The Hall–Kier alpha value is -3.46. The van der Waals surface area contributed by atoms with Gasteiger partial charge in [-0.25, -0.2) is 4.98 Å². The number of hydrogen-bond acceptors (Lipinski definition) is 4. The van der Waals surface area contributed by atoms with Crippen LogP contribution in [0.25, 0.3) is 22.7 Å². The highest BCUT2D eigenvalue weighted by Gasteiger charge is 2.12. The fourth-order valence-corrected chi connectivity index (χ4v) is 3.62. The van der Waals surface area contributed by atoms with Crippen LogP contribution in [-0.4, -0.2) is 17.1 Å². The van der Waals surface area contributed by atoms with Gasteiger partial charge in [0.25, 0.3) is 0 Å². The van der Waals surface area contributed by atoms with Gasteiger partial charge in [-0.2, -0.15) is 5.26 Å². The van der Waals surface area contributed by atoms with E-state index in [0.29, 0.717) is 38.5 Å². The lowest BCUT2D eigenvalue weighted by Crippen LogP contribution is -1.99. The van der Waals surface area contributed by atoms with Gasteiger partial charge in [0.05, 0.1) is 23.7 Å². The minimum atomic E-state index is 0.201. The van der Waals surface area contributed by atoms with Crippen molar-refractivity contribution in [2.75, 3.05) is 7.11 Å². The molecule has 0 unspecified atom stereocenters. The molecule has 0 saturated carbocycles. The largest absolute Gasteiger partial charge is 0.493 e. The second kappa shape index (κ2) is 9.13. The van der Waals surface area contributed by atoms with Crippen LogP contribution in [0.3, 0.4) is 0 Å². The van der Waals surface area contributed by atoms with Gasteiger partial charge in [-0.3, -0.25) is 0 Å². The van der Waals surface area contributed by atoms with E-state index in [1.165, 1.54) is 0 Å². The summed E-state index contributed by atoms with van der Waals surface area (Å²) in [5.41, 5.74) is 3.57. The minimum absolute atomic E-state index is 0.201. The number of nitrogens with zero attached hydrogens (tertiary/aromatic N) is 2. The lowest BCUT2D eigenvalue weighted by molar-refractivity contribution is 0.284. The van der Waals surface area contributed by atoms with Crippen LogP contribution >= 0.6 is 23.2 Å². The van der Waals surface area contributed by atoms with Crippen molar-refractivity contribution < 1.29 is 9.47 Å². The Morgan fingerprint density at radius 3 is 2.55 bits per heavy atom. The summed E-state index contributed by atoms with van der Waals surface area (Å²) < 4.78 is 11.4. The molecule has 1 heterocycles. The zero-order valence-corrected chi connectivity index (χ0v) is 18.0. The van der Waals surface area contributed by atoms with Crippen LogP contribution in [0.4, 0.5) is 0 Å². The molecule has 3 aromatic carbocycles. The number of para-hydroxylation sites is 2. The molecule has 0 aliphatic heterocycles. The van der Waals surface area contributed by atoms with Crippen LogP contribution < -0.4 is 9.47 Å². The standard InChI is InChI=1S/C24H17Cl2N3O2/c1-30-23-12-15(9-10-22(23)31-14-17-18(25)5-4-6-19(17)26)11-16(13-27)24-28-20-7-2-3-8-21(20)29-24/h2-12H,14H2,1H3,(H,28,29)/b16-11+. The first-order valence-electron chi connectivity index (χ1n) is 9.39. The molecule has 0 aliphatic carbocycles. The van der Waals surface area contributed by atoms with Gasteiger partial charge < -0.3 is 14.5 Å². The normalized spacial score (nSPS) is 11.4. The molecular formula is C24H17Cl2N3O2. The van der Waals surface area contributed by atoms with Crippen molar-refractivity contribution in [2.24, 2.45) is 0 Å². The maximum absolute atomic E-state index is 9.65. The van der Waals surface area contributed by atoms with E-state index in [9.17, 15) is 5.26 Å². The number of nitriles is 1. The predicted octanol–water partition coefficient (Wildman–Crippen LogP) is 6.52. The van der Waals surface area contributed by atoms with Crippen LogP contribution in [0, 0.1) is 11.3 Å². The Bertz CT molecular complexity index is 1270. The topological polar surface area (TPSA) is 70.9 Å². The van der Waals surface area contributed by atoms with Gasteiger partial charge in [0, 0.05) is 15.6 Å². The zero-order valence-electron chi connectivity index (χ0n) is 16.5. The Kier molecular flexibility index (Phi) is 6.13. The molecule has 0 atom stereocenters. The highest BCUT2D eigenvalue weighted by Crippen LogP contribution is 2.32. The second-order valence-electron chi connectivity index (χ2n) is 6.67. The van der Waals surface area contributed by atoms with Crippen LogP contribution in [-0.2, 0) is 6.61 Å². The van der Waals surface area contributed by atoms with E-state index < -0.39 is 0 Å². The van der Waals surface area contributed by atoms with E-state index in [1.54, 1.807) is 43.5 Å². The van der Waals surface area contributed by atoms with Gasteiger partial charge in [0.1, 0.15) is 18.5 Å². The molecule has 4 aromatic rings. The molecule has 154 valence electrons. The molecule has 0 saturated heterocycles. The molecule has 4 rings (SSSR count). The Morgan fingerprint density at radius 2 is 1.84 bits per heavy atom. The van der Waals surface area contributed by atoms with Crippen molar-refractivity contribution in [3.63, 3.8) is 0 Å². The maximum Gasteiger partial charge on any atom is 0.161 e. The van der Waals surface area contributed by atoms with Gasteiger partial charge in [-0.1, -0.05) is 47.5 Å². The molecule has 0 fully saturated rings. The van der Waals surface area contributed by atoms with Crippen molar-refractivity contribution in [3.8, 4) is 17.6 Å². The molecule has 0 spiro atoms. The summed E-state index contributed by atoms with van der Waals surface area (Å²) in [6.07, 6.45) is 1.74. The van der Waals surface area contributed by atoms with Gasteiger partial charge in [0.2, 0.25) is 0 Å². The number of rotatable bonds is 6. The number of allylic oxidation sites excluding steroid dienone is 1. The summed E-state index contributed by atoms with van der Waals surface area (Å²) in [4.78, 5) is 7.67. The third kappa shape index (κ3) is 4.51. The van der Waals surface area contributed by atoms with Gasteiger partial charge in [-0.05, 0) is 48.0 Å². The van der Waals surface area contributed by atoms with Crippen LogP contribution in [0.2, 0.25) is 10.0 Å². The summed E-state index contributed by atoms with van der Waals surface area (Å²) in [7, 11) is 1.56. The Labute approximate surface area is 189 Å². The quantitative estimate of drug-likeness (QED) is 0.340. The zero-order chi connectivity index (χ0) is 21.8. The lowest BCUT2D eigenvalue weighted by Gasteiger charge is -2.13. The van der Waals surface area contributed by atoms with Gasteiger partial charge in [-0.15, -0.1) is 0 Å². The van der Waals surface area contributed by atoms with E-state index in [0.717, 1.165) is 16.6 Å². The first kappa shape index (κ1) is 20.8. The molecule has 0 aliphatic rings. The molecule has 1 N–H and O–H groups in total. The number of aromatic nitrogens is 2. The second-order valence-corrected chi connectivity index (χ2v) is 7.49. The van der Waals surface area contributed by atoms with Crippen LogP contribution in [0.1, 0.15) is 17.0 Å². The fraction of sp³-hybridized carbons (Fsp3) is 0.0833. The fourth-order valence-electron chi connectivity index (χ4n) is 3.11. The van der Waals surface area contributed by atoms with Crippen molar-refractivity contribution in [1.82, 2.24) is 9.97 Å². The van der Waals surface area contributed by atoms with Crippen molar-refractivity contribution in [3.05, 3.63) is 87.7 Å². The minimum Gasteiger partial charge on any atom is -0.493 e. The molecule has 0 bridgehead atoms. The third-order valence-corrected chi connectivity index (χ3v) is 5.41. The lowest BCUT2D eigenvalue weighted by atomic mass is 10.1. The number of methoxy groups -OCH3 is 1. The number of nitrogens with one attached hydrogen (secondary N) is 1. The average Bonchev–Trinajstić information content (AvgIpc) is 3.21. The summed E-state index contributed by atoms with van der Waals surface area (Å²) in [6.45, 7) is 0.201. The number of H-pyrrole nitrogens is 1. The Morgan fingerprint density at radius 1 is 1.06 bits per heavy atom. The molecule has 31 heavy (non-hydrogen) atoms. The molecule has 0 radical (unpaired) electrons. The number of ether oxygens (including phenoxy) is 2. The highest BCUT2D eigenvalue weighted by molar-refractivity contribution is 6.35. The summed E-state index contributed by atoms with van der Waals surface area (Å²) in [6, 6.07) is 20.6. The van der Waals surface area contributed by atoms with Crippen molar-refractivity contribution in [2.45, 2.75) is 6.61 Å². The molecule has 1 aromatic heterocycles. The predicted molar refractivity (Wildman–Crippen MR) is 123 cm³/mol. The monoisotopic (exact) mass is 449 g/mol. The summed E-state index contributed by atoms with van der Waals surface area (Å²) in [5, 5.41) is 10.7. The molecule has 5 nitrogen and oxygen atoms in total. The Balaban J connectivity index is 1.60. The first-order valence-corrected chi connectivity index (χ1v) is 10.2. The SMILES string of the molecule is COc1cc(/C=C(\C#N)c2nc3ccccc3[nH]2)ccc1OCc1c(Cl)cccc1Cl. The third-order valence-electron chi connectivity index (χ3n) is 4.70. The number of halogens is 2. The number of benzene rings is 3. The van der Waals surface area contributed by atoms with Gasteiger partial charge >= 0.3 is 0 Å². The molecule has 7 heteroatoms. The van der Waals surface area contributed by atoms with E-state index in [1.807, 2.05) is 30.3 Å². The van der Waals surface area contributed by atoms with E-state index in [4.69, 9.17) is 32.7 Å². The smallest absolute Gasteiger partial charge is 0.161 e. The van der Waals surface area contributed by atoms with E-state index >= 15 is 0 Å². The number of fused-ring (bicyclic) bond motifs is 1.